The largest absolute Gasteiger partial charge is 0.334 e. The van der Waals surface area contributed by atoms with Gasteiger partial charge in [-0.15, -0.1) is 0 Å². The molecule has 4 amide bonds. The van der Waals surface area contributed by atoms with E-state index in [1.54, 1.807) is 6.07 Å². The molecule has 0 atom stereocenters. The maximum atomic E-state index is 12.6. The van der Waals surface area contributed by atoms with E-state index in [0.29, 0.717) is 5.56 Å². The van der Waals surface area contributed by atoms with E-state index in [9.17, 15) is 14.4 Å². The van der Waals surface area contributed by atoms with Gasteiger partial charge in [-0.2, -0.15) is 0 Å². The Morgan fingerprint density at radius 3 is 2.56 bits per heavy atom. The van der Waals surface area contributed by atoms with Crippen molar-refractivity contribution in [3.63, 3.8) is 0 Å². The monoisotopic (exact) mass is 357 g/mol. The van der Waals surface area contributed by atoms with Crippen molar-refractivity contribution >= 4 is 40.3 Å². The number of para-hydroxylation sites is 1. The van der Waals surface area contributed by atoms with E-state index in [0.717, 1.165) is 46.4 Å². The van der Waals surface area contributed by atoms with Gasteiger partial charge in [0.2, 0.25) is 0 Å². The molecule has 1 saturated carbocycles. The van der Waals surface area contributed by atoms with Crippen molar-refractivity contribution in [3.05, 3.63) is 41.0 Å². The van der Waals surface area contributed by atoms with Crippen LogP contribution in [0.3, 0.4) is 0 Å². The lowest BCUT2D eigenvalue weighted by molar-refractivity contribution is -0.144. The first kappa shape index (κ1) is 16.0. The fourth-order valence-corrected chi connectivity index (χ4v) is 3.77. The van der Waals surface area contributed by atoms with Gasteiger partial charge in [0, 0.05) is 17.0 Å². The van der Waals surface area contributed by atoms with Crippen LogP contribution in [0.25, 0.3) is 10.9 Å². The third-order valence-electron chi connectivity index (χ3n) is 4.85. The first-order chi connectivity index (χ1) is 12.1. The van der Waals surface area contributed by atoms with E-state index >= 15 is 0 Å². The molecule has 1 aliphatic carbocycles. The van der Waals surface area contributed by atoms with Gasteiger partial charge in [0.05, 0.1) is 12.1 Å². The number of hydrogen-bond donors (Lipinski definition) is 0. The summed E-state index contributed by atoms with van der Waals surface area (Å²) in [5, 5.41) is 1.09. The number of halogens is 1. The summed E-state index contributed by atoms with van der Waals surface area (Å²) in [6, 6.07) is 8.53. The van der Waals surface area contributed by atoms with E-state index in [4.69, 9.17) is 11.6 Å². The third kappa shape index (κ3) is 2.66. The lowest BCUT2D eigenvalue weighted by Gasteiger charge is -2.21. The van der Waals surface area contributed by atoms with E-state index < -0.39 is 17.8 Å². The molecule has 0 radical (unpaired) electrons. The van der Waals surface area contributed by atoms with Gasteiger partial charge in [-0.1, -0.05) is 42.6 Å². The molecule has 4 rings (SSSR count). The van der Waals surface area contributed by atoms with E-state index in [-0.39, 0.29) is 17.7 Å². The zero-order valence-electron chi connectivity index (χ0n) is 13.4. The van der Waals surface area contributed by atoms with E-state index in [2.05, 4.69) is 4.98 Å². The number of pyridine rings is 1. The molecule has 6 nitrogen and oxygen atoms in total. The average Bonchev–Trinajstić information content (AvgIpc) is 3.19. The molecule has 128 valence electrons. The van der Waals surface area contributed by atoms with Crippen molar-refractivity contribution in [3.8, 4) is 0 Å². The Kier molecular flexibility index (Phi) is 3.92. The maximum Gasteiger partial charge on any atom is 0.334 e. The highest BCUT2D eigenvalue weighted by Gasteiger charge is 2.48. The number of benzene rings is 1. The van der Waals surface area contributed by atoms with Crippen LogP contribution in [0.2, 0.25) is 5.15 Å². The average molecular weight is 358 g/mol. The van der Waals surface area contributed by atoms with Gasteiger partial charge in [-0.3, -0.25) is 19.4 Å². The molecule has 0 bridgehead atoms. The highest BCUT2D eigenvalue weighted by Crippen LogP contribution is 2.29. The molecule has 0 spiro atoms. The summed E-state index contributed by atoms with van der Waals surface area (Å²) in [6.07, 6.45) is 3.46. The number of rotatable bonds is 3. The summed E-state index contributed by atoms with van der Waals surface area (Å²) in [5.74, 6) is -1.53. The quantitative estimate of drug-likeness (QED) is 0.480. The Bertz CT molecular complexity index is 892. The molecule has 2 aromatic rings. The number of nitrogens with zero attached hydrogens (tertiary/aromatic N) is 3. The lowest BCUT2D eigenvalue weighted by Crippen LogP contribution is -2.39. The Morgan fingerprint density at radius 1 is 1.08 bits per heavy atom. The molecule has 0 N–H and O–H groups in total. The molecule has 2 aliphatic rings. The van der Waals surface area contributed by atoms with E-state index in [1.807, 2.05) is 24.3 Å². The molecule has 1 aliphatic heterocycles. The molecule has 1 aromatic heterocycles. The standard InChI is InChI=1S/C18H16ClN3O3/c19-15-12(9-11-5-1-4-8-14(11)20-15)10-21-16(23)17(24)22(18(21)25)13-6-2-3-7-13/h1,4-5,8-9,13H,2-3,6-7,10H2. The second-order valence-corrected chi connectivity index (χ2v) is 6.78. The summed E-state index contributed by atoms with van der Waals surface area (Å²) in [7, 11) is 0. The Hall–Kier alpha value is -2.47. The minimum atomic E-state index is -0.791. The number of fused-ring (bicyclic) bond motifs is 1. The maximum absolute atomic E-state index is 12.6. The summed E-state index contributed by atoms with van der Waals surface area (Å²) in [4.78, 5) is 43.6. The Balaban J connectivity index is 1.64. The van der Waals surface area contributed by atoms with Crippen LogP contribution in [0.5, 0.6) is 0 Å². The number of amides is 4. The van der Waals surface area contributed by atoms with Crippen molar-refractivity contribution in [2.75, 3.05) is 0 Å². The predicted molar refractivity (Wildman–Crippen MR) is 91.8 cm³/mol. The number of aromatic nitrogens is 1. The fraction of sp³-hybridized carbons (Fsp3) is 0.333. The summed E-state index contributed by atoms with van der Waals surface area (Å²) >= 11 is 6.22. The minimum Gasteiger partial charge on any atom is -0.263 e. The van der Waals surface area contributed by atoms with Crippen LogP contribution in [0.4, 0.5) is 4.79 Å². The first-order valence-electron chi connectivity index (χ1n) is 8.29. The molecular formula is C18H16ClN3O3. The van der Waals surface area contributed by atoms with Crippen LogP contribution >= 0.6 is 11.6 Å². The fourth-order valence-electron chi connectivity index (χ4n) is 3.56. The second-order valence-electron chi connectivity index (χ2n) is 6.42. The van der Waals surface area contributed by atoms with Gasteiger partial charge in [0.1, 0.15) is 5.15 Å². The molecule has 1 saturated heterocycles. The Morgan fingerprint density at radius 2 is 1.80 bits per heavy atom. The highest BCUT2D eigenvalue weighted by atomic mass is 35.5. The molecule has 7 heteroatoms. The first-order valence-corrected chi connectivity index (χ1v) is 8.67. The smallest absolute Gasteiger partial charge is 0.263 e. The summed E-state index contributed by atoms with van der Waals surface area (Å²) in [5.41, 5.74) is 1.28. The van der Waals surface area contributed by atoms with Crippen LogP contribution < -0.4 is 0 Å². The van der Waals surface area contributed by atoms with Gasteiger partial charge < -0.3 is 0 Å². The summed E-state index contributed by atoms with van der Waals surface area (Å²) < 4.78 is 0. The van der Waals surface area contributed by atoms with Gasteiger partial charge in [0.25, 0.3) is 0 Å². The summed E-state index contributed by atoms with van der Waals surface area (Å²) in [6.45, 7) is -0.0523. The number of hydrogen-bond acceptors (Lipinski definition) is 4. The molecule has 0 unspecified atom stereocenters. The molecule has 25 heavy (non-hydrogen) atoms. The third-order valence-corrected chi connectivity index (χ3v) is 5.18. The SMILES string of the molecule is O=C1C(=O)N(C2CCCC2)C(=O)N1Cc1cc2ccccc2nc1Cl. The van der Waals surface area contributed by atoms with Gasteiger partial charge in [-0.05, 0) is 25.0 Å². The number of carbonyl (C=O) groups is 3. The van der Waals surface area contributed by atoms with Crippen LogP contribution in [-0.2, 0) is 16.1 Å². The number of imide groups is 2. The molecule has 1 aromatic carbocycles. The Labute approximate surface area is 149 Å². The van der Waals surface area contributed by atoms with Gasteiger partial charge in [0.15, 0.2) is 0 Å². The van der Waals surface area contributed by atoms with E-state index in [1.165, 1.54) is 0 Å². The lowest BCUT2D eigenvalue weighted by atomic mass is 10.1. The van der Waals surface area contributed by atoms with Gasteiger partial charge >= 0.3 is 17.8 Å². The van der Waals surface area contributed by atoms with Crippen LogP contribution in [0.15, 0.2) is 30.3 Å². The zero-order valence-corrected chi connectivity index (χ0v) is 14.2. The van der Waals surface area contributed by atoms with Crippen LogP contribution in [-0.4, -0.2) is 38.7 Å². The van der Waals surface area contributed by atoms with Crippen LogP contribution in [0.1, 0.15) is 31.2 Å². The second kappa shape index (κ2) is 6.11. The van der Waals surface area contributed by atoms with Gasteiger partial charge in [-0.25, -0.2) is 9.78 Å². The van der Waals surface area contributed by atoms with Crippen molar-refractivity contribution in [2.24, 2.45) is 0 Å². The topological polar surface area (TPSA) is 70.6 Å². The minimum absolute atomic E-state index is 0.0523. The number of carbonyl (C=O) groups excluding carboxylic acids is 3. The van der Waals surface area contributed by atoms with Crippen molar-refractivity contribution in [1.82, 2.24) is 14.8 Å². The zero-order chi connectivity index (χ0) is 17.6. The van der Waals surface area contributed by atoms with Crippen LogP contribution in [0, 0.1) is 0 Å². The highest BCUT2D eigenvalue weighted by molar-refractivity contribution is 6.44. The predicted octanol–water partition coefficient (Wildman–Crippen LogP) is 3.12. The normalized spacial score (nSPS) is 18.8. The molecule has 2 fully saturated rings. The molecule has 2 heterocycles. The van der Waals surface area contributed by atoms with Crippen molar-refractivity contribution in [1.29, 1.82) is 0 Å². The molecular weight excluding hydrogens is 342 g/mol. The van der Waals surface area contributed by atoms with Crippen molar-refractivity contribution < 1.29 is 14.4 Å². The van der Waals surface area contributed by atoms with Crippen molar-refractivity contribution in [2.45, 2.75) is 38.3 Å². The number of urea groups is 1.